The van der Waals surface area contributed by atoms with Gasteiger partial charge in [-0.3, -0.25) is 4.90 Å². The number of benzene rings is 1. The molecule has 5 heteroatoms. The number of fused-ring (bicyclic) bond motifs is 1. The maximum absolute atomic E-state index is 11.6. The van der Waals surface area contributed by atoms with Crippen LogP contribution in [-0.2, 0) is 22.9 Å². The molecule has 1 aromatic carbocycles. The highest BCUT2D eigenvalue weighted by atomic mass is 32.2. The van der Waals surface area contributed by atoms with Crippen LogP contribution in [0.25, 0.3) is 0 Å². The molecule has 1 fully saturated rings. The van der Waals surface area contributed by atoms with Crippen molar-refractivity contribution in [2.24, 2.45) is 5.73 Å². The third-order valence-corrected chi connectivity index (χ3v) is 5.44. The summed E-state index contributed by atoms with van der Waals surface area (Å²) in [6, 6.07) is 7.98. The largest absolute Gasteiger partial charge is 0.325 e. The zero-order valence-electron chi connectivity index (χ0n) is 9.54. The van der Waals surface area contributed by atoms with Crippen LogP contribution >= 0.6 is 0 Å². The minimum Gasteiger partial charge on any atom is -0.325 e. The van der Waals surface area contributed by atoms with Crippen molar-refractivity contribution in [2.45, 2.75) is 25.2 Å². The molecule has 1 saturated heterocycles. The number of hydrogen-bond acceptors (Lipinski definition) is 4. The lowest BCUT2D eigenvalue weighted by molar-refractivity contribution is 0.201. The molecule has 1 aromatic rings. The van der Waals surface area contributed by atoms with Gasteiger partial charge in [0.2, 0.25) is 0 Å². The second-order valence-electron chi connectivity index (χ2n) is 4.98. The molecule has 2 heterocycles. The highest BCUT2D eigenvalue weighted by Gasteiger charge is 2.40. The van der Waals surface area contributed by atoms with E-state index in [-0.39, 0.29) is 23.6 Å². The van der Waals surface area contributed by atoms with Gasteiger partial charge in [0.15, 0.2) is 9.84 Å². The Kier molecular flexibility index (Phi) is 2.50. The van der Waals surface area contributed by atoms with Crippen LogP contribution in [-0.4, -0.2) is 36.9 Å². The monoisotopic (exact) mass is 252 g/mol. The van der Waals surface area contributed by atoms with Crippen molar-refractivity contribution in [1.82, 2.24) is 4.90 Å². The van der Waals surface area contributed by atoms with Crippen molar-refractivity contribution in [3.05, 3.63) is 35.4 Å². The van der Waals surface area contributed by atoms with E-state index in [0.717, 1.165) is 13.1 Å². The fraction of sp³-hybridized carbons (Fsp3) is 0.500. The number of sulfone groups is 1. The molecule has 0 aromatic heterocycles. The average molecular weight is 252 g/mol. The lowest BCUT2D eigenvalue weighted by Gasteiger charge is -2.25. The van der Waals surface area contributed by atoms with Crippen LogP contribution in [0, 0.1) is 0 Å². The third kappa shape index (κ3) is 1.99. The molecule has 0 bridgehead atoms. The Bertz CT molecular complexity index is 516. The SMILES string of the molecule is NC1CS(=O)(=O)CC1N1Cc2ccccc2C1. The first-order chi connectivity index (χ1) is 8.05. The van der Waals surface area contributed by atoms with E-state index >= 15 is 0 Å². The van der Waals surface area contributed by atoms with E-state index in [1.165, 1.54) is 11.1 Å². The summed E-state index contributed by atoms with van der Waals surface area (Å²) in [5, 5.41) is 0. The summed E-state index contributed by atoms with van der Waals surface area (Å²) in [6.45, 7) is 1.65. The van der Waals surface area contributed by atoms with Gasteiger partial charge >= 0.3 is 0 Å². The Labute approximate surface area is 101 Å². The van der Waals surface area contributed by atoms with Crippen LogP contribution in [0.5, 0.6) is 0 Å². The van der Waals surface area contributed by atoms with E-state index < -0.39 is 9.84 Å². The smallest absolute Gasteiger partial charge is 0.153 e. The Morgan fingerprint density at radius 3 is 2.18 bits per heavy atom. The van der Waals surface area contributed by atoms with Gasteiger partial charge in [-0.1, -0.05) is 24.3 Å². The molecule has 2 N–H and O–H groups in total. The van der Waals surface area contributed by atoms with Crippen molar-refractivity contribution in [3.8, 4) is 0 Å². The lowest BCUT2D eigenvalue weighted by Crippen LogP contribution is -2.44. The van der Waals surface area contributed by atoms with Gasteiger partial charge in [-0.2, -0.15) is 0 Å². The van der Waals surface area contributed by atoms with Crippen LogP contribution < -0.4 is 5.73 Å². The van der Waals surface area contributed by atoms with Gasteiger partial charge in [-0.15, -0.1) is 0 Å². The van der Waals surface area contributed by atoms with Gasteiger partial charge in [0, 0.05) is 25.2 Å². The summed E-state index contributed by atoms with van der Waals surface area (Å²) in [7, 11) is -2.94. The van der Waals surface area contributed by atoms with Gasteiger partial charge in [-0.05, 0) is 11.1 Å². The Morgan fingerprint density at radius 2 is 1.71 bits per heavy atom. The highest BCUT2D eigenvalue weighted by molar-refractivity contribution is 7.91. The molecule has 2 atom stereocenters. The van der Waals surface area contributed by atoms with Crippen molar-refractivity contribution in [2.75, 3.05) is 11.5 Å². The summed E-state index contributed by atoms with van der Waals surface area (Å²) in [6.07, 6.45) is 0. The summed E-state index contributed by atoms with van der Waals surface area (Å²) in [5.74, 6) is 0.340. The number of nitrogens with two attached hydrogens (primary N) is 1. The van der Waals surface area contributed by atoms with Crippen LogP contribution in [0.2, 0.25) is 0 Å². The Hall–Kier alpha value is -0.910. The molecular weight excluding hydrogens is 236 g/mol. The van der Waals surface area contributed by atoms with E-state index in [1.807, 2.05) is 12.1 Å². The van der Waals surface area contributed by atoms with Crippen LogP contribution in [0.15, 0.2) is 24.3 Å². The Balaban J connectivity index is 1.82. The van der Waals surface area contributed by atoms with Crippen molar-refractivity contribution < 1.29 is 8.42 Å². The molecule has 0 saturated carbocycles. The summed E-state index contributed by atoms with van der Waals surface area (Å²) >= 11 is 0. The number of rotatable bonds is 1. The summed E-state index contributed by atoms with van der Waals surface area (Å²) in [5.41, 5.74) is 8.54. The number of nitrogens with zero attached hydrogens (tertiary/aromatic N) is 1. The molecule has 2 aliphatic rings. The van der Waals surface area contributed by atoms with Crippen molar-refractivity contribution in [1.29, 1.82) is 0 Å². The predicted molar refractivity (Wildman–Crippen MR) is 66.1 cm³/mol. The average Bonchev–Trinajstić information content (AvgIpc) is 2.78. The molecule has 2 aliphatic heterocycles. The molecule has 3 rings (SSSR count). The van der Waals surface area contributed by atoms with Crippen LogP contribution in [0.1, 0.15) is 11.1 Å². The minimum absolute atomic E-state index is 0.0209. The fourth-order valence-electron chi connectivity index (χ4n) is 2.83. The first-order valence-corrected chi connectivity index (χ1v) is 7.64. The first-order valence-electron chi connectivity index (χ1n) is 5.82. The molecule has 92 valence electrons. The third-order valence-electron chi connectivity index (χ3n) is 3.70. The Morgan fingerprint density at radius 1 is 1.12 bits per heavy atom. The van der Waals surface area contributed by atoms with E-state index in [1.54, 1.807) is 0 Å². The van der Waals surface area contributed by atoms with E-state index in [4.69, 9.17) is 5.73 Å². The van der Waals surface area contributed by atoms with Gasteiger partial charge in [-0.25, -0.2) is 8.42 Å². The standard InChI is InChI=1S/C12H16N2O2S/c13-11-7-17(15,16)8-12(11)14-5-9-3-1-2-4-10(9)6-14/h1-4,11-12H,5-8,13H2. The highest BCUT2D eigenvalue weighted by Crippen LogP contribution is 2.28. The maximum atomic E-state index is 11.6. The fourth-order valence-corrected chi connectivity index (χ4v) is 4.75. The summed E-state index contributed by atoms with van der Waals surface area (Å²) < 4.78 is 23.1. The van der Waals surface area contributed by atoms with E-state index in [0.29, 0.717) is 0 Å². The van der Waals surface area contributed by atoms with Gasteiger partial charge < -0.3 is 5.73 Å². The molecule has 4 nitrogen and oxygen atoms in total. The molecule has 17 heavy (non-hydrogen) atoms. The lowest BCUT2D eigenvalue weighted by atomic mass is 10.1. The quantitative estimate of drug-likeness (QED) is 0.771. The molecule has 2 unspecified atom stereocenters. The van der Waals surface area contributed by atoms with Crippen LogP contribution in [0.3, 0.4) is 0 Å². The van der Waals surface area contributed by atoms with E-state index in [2.05, 4.69) is 17.0 Å². The predicted octanol–water partition coefficient (Wildman–Crippen LogP) is 0.127. The van der Waals surface area contributed by atoms with Crippen LogP contribution in [0.4, 0.5) is 0 Å². The van der Waals surface area contributed by atoms with Gasteiger partial charge in [0.05, 0.1) is 11.5 Å². The van der Waals surface area contributed by atoms with Crippen molar-refractivity contribution in [3.63, 3.8) is 0 Å². The normalized spacial score (nSPS) is 31.6. The zero-order valence-corrected chi connectivity index (χ0v) is 10.4. The molecule has 0 aliphatic carbocycles. The molecule has 0 spiro atoms. The zero-order chi connectivity index (χ0) is 12.0. The van der Waals surface area contributed by atoms with Gasteiger partial charge in [0.1, 0.15) is 0 Å². The topological polar surface area (TPSA) is 63.4 Å². The first kappa shape index (κ1) is 11.2. The minimum atomic E-state index is -2.94. The van der Waals surface area contributed by atoms with E-state index in [9.17, 15) is 8.42 Å². The maximum Gasteiger partial charge on any atom is 0.153 e. The second kappa shape index (κ2) is 3.80. The molecular formula is C12H16N2O2S. The molecule has 0 amide bonds. The number of hydrogen-bond donors (Lipinski definition) is 1. The van der Waals surface area contributed by atoms with Gasteiger partial charge in [0.25, 0.3) is 0 Å². The second-order valence-corrected chi connectivity index (χ2v) is 7.14. The van der Waals surface area contributed by atoms with Crippen molar-refractivity contribution >= 4 is 9.84 Å². The summed E-state index contributed by atoms with van der Waals surface area (Å²) in [4.78, 5) is 2.19. The molecule has 0 radical (unpaired) electrons.